The third-order valence-electron chi connectivity index (χ3n) is 4.37. The fraction of sp³-hybridized carbons (Fsp3) is 0.529. The van der Waals surface area contributed by atoms with Gasteiger partial charge in [0.05, 0.1) is 30.2 Å². The maximum Gasteiger partial charge on any atom is 0.238 e. The second-order valence-electron chi connectivity index (χ2n) is 6.28. The minimum Gasteiger partial charge on any atom is -0.477 e. The summed E-state index contributed by atoms with van der Waals surface area (Å²) in [5, 5.41) is 18.2. The summed E-state index contributed by atoms with van der Waals surface area (Å²) in [6, 6.07) is 3.76. The molecule has 3 heterocycles. The predicted octanol–water partition coefficient (Wildman–Crippen LogP) is 0.976. The SMILES string of the molecule is CCOc1ccc(N2CCN(CC(=O)Nc3c(C)n[nH]c3C)CC2)nn1. The lowest BCUT2D eigenvalue weighted by molar-refractivity contribution is -0.117. The molecule has 0 radical (unpaired) electrons. The maximum atomic E-state index is 12.3. The molecule has 2 aromatic heterocycles. The Morgan fingerprint density at radius 2 is 2.00 bits per heavy atom. The number of piperazine rings is 1. The van der Waals surface area contributed by atoms with Crippen LogP contribution in [0, 0.1) is 13.8 Å². The van der Waals surface area contributed by atoms with E-state index in [1.165, 1.54) is 0 Å². The van der Waals surface area contributed by atoms with Gasteiger partial charge in [0.2, 0.25) is 11.8 Å². The molecule has 0 aromatic carbocycles. The predicted molar refractivity (Wildman–Crippen MR) is 98.5 cm³/mol. The zero-order valence-corrected chi connectivity index (χ0v) is 15.4. The van der Waals surface area contributed by atoms with Crippen LogP contribution in [-0.4, -0.2) is 70.5 Å². The van der Waals surface area contributed by atoms with Crippen LogP contribution in [0.4, 0.5) is 11.5 Å². The maximum absolute atomic E-state index is 12.3. The van der Waals surface area contributed by atoms with Gasteiger partial charge in [0, 0.05) is 32.2 Å². The number of hydrogen-bond acceptors (Lipinski definition) is 7. The molecule has 2 aromatic rings. The van der Waals surface area contributed by atoms with Crippen molar-refractivity contribution in [1.82, 2.24) is 25.3 Å². The summed E-state index contributed by atoms with van der Waals surface area (Å²) in [4.78, 5) is 16.6. The van der Waals surface area contributed by atoms with Crippen LogP contribution >= 0.6 is 0 Å². The van der Waals surface area contributed by atoms with E-state index in [4.69, 9.17) is 4.74 Å². The number of anilines is 2. The second-order valence-corrected chi connectivity index (χ2v) is 6.28. The smallest absolute Gasteiger partial charge is 0.238 e. The number of rotatable bonds is 6. The molecule has 2 N–H and O–H groups in total. The Labute approximate surface area is 152 Å². The zero-order valence-electron chi connectivity index (χ0n) is 15.4. The summed E-state index contributed by atoms with van der Waals surface area (Å²) in [5.74, 6) is 1.35. The first kappa shape index (κ1) is 18.1. The largest absolute Gasteiger partial charge is 0.477 e. The minimum absolute atomic E-state index is 0.0214. The van der Waals surface area contributed by atoms with Crippen LogP contribution in [0.1, 0.15) is 18.3 Å². The van der Waals surface area contributed by atoms with Crippen molar-refractivity contribution >= 4 is 17.4 Å². The number of carbonyl (C=O) groups excluding carboxylic acids is 1. The van der Waals surface area contributed by atoms with E-state index in [0.29, 0.717) is 19.0 Å². The van der Waals surface area contributed by atoms with Crippen molar-refractivity contribution in [2.24, 2.45) is 0 Å². The topological polar surface area (TPSA) is 99.3 Å². The minimum atomic E-state index is -0.0214. The number of aromatic amines is 1. The van der Waals surface area contributed by atoms with Crippen LogP contribution in [0.3, 0.4) is 0 Å². The van der Waals surface area contributed by atoms with Gasteiger partial charge < -0.3 is 15.0 Å². The first-order valence-electron chi connectivity index (χ1n) is 8.82. The van der Waals surface area contributed by atoms with Gasteiger partial charge in [-0.25, -0.2) is 0 Å². The van der Waals surface area contributed by atoms with Crippen molar-refractivity contribution in [3.63, 3.8) is 0 Å². The molecule has 1 amide bonds. The number of carbonyl (C=O) groups is 1. The molecule has 1 fully saturated rings. The van der Waals surface area contributed by atoms with Gasteiger partial charge in [0.15, 0.2) is 5.82 Å². The average molecular weight is 359 g/mol. The molecule has 0 spiro atoms. The van der Waals surface area contributed by atoms with Crippen molar-refractivity contribution in [2.45, 2.75) is 20.8 Å². The van der Waals surface area contributed by atoms with Crippen LogP contribution in [0.5, 0.6) is 5.88 Å². The molecular weight excluding hydrogens is 334 g/mol. The van der Waals surface area contributed by atoms with E-state index in [-0.39, 0.29) is 5.91 Å². The molecule has 0 unspecified atom stereocenters. The molecular formula is C17H25N7O2. The molecule has 1 aliphatic heterocycles. The van der Waals surface area contributed by atoms with E-state index in [0.717, 1.165) is 49.1 Å². The Hall–Kier alpha value is -2.68. The summed E-state index contributed by atoms with van der Waals surface area (Å²) >= 11 is 0. The van der Waals surface area contributed by atoms with Gasteiger partial charge in [-0.05, 0) is 26.8 Å². The highest BCUT2D eigenvalue weighted by molar-refractivity contribution is 5.93. The van der Waals surface area contributed by atoms with Crippen molar-refractivity contribution in [3.8, 4) is 5.88 Å². The van der Waals surface area contributed by atoms with Gasteiger partial charge in [-0.1, -0.05) is 0 Å². The normalized spacial score (nSPS) is 15.1. The molecule has 9 nitrogen and oxygen atoms in total. The van der Waals surface area contributed by atoms with Gasteiger partial charge in [-0.2, -0.15) is 5.10 Å². The van der Waals surface area contributed by atoms with E-state index in [1.54, 1.807) is 0 Å². The van der Waals surface area contributed by atoms with Crippen LogP contribution in [0.2, 0.25) is 0 Å². The monoisotopic (exact) mass is 359 g/mol. The molecule has 0 aliphatic carbocycles. The lowest BCUT2D eigenvalue weighted by Gasteiger charge is -2.34. The number of ether oxygens (including phenoxy) is 1. The summed E-state index contributed by atoms with van der Waals surface area (Å²) < 4.78 is 5.32. The molecule has 26 heavy (non-hydrogen) atoms. The van der Waals surface area contributed by atoms with Crippen molar-refractivity contribution in [1.29, 1.82) is 0 Å². The second kappa shape index (κ2) is 8.13. The molecule has 0 bridgehead atoms. The van der Waals surface area contributed by atoms with E-state index in [2.05, 4.69) is 35.5 Å². The molecule has 140 valence electrons. The third-order valence-corrected chi connectivity index (χ3v) is 4.37. The lowest BCUT2D eigenvalue weighted by atomic mass is 10.3. The number of amides is 1. The van der Waals surface area contributed by atoms with Gasteiger partial charge in [0.1, 0.15) is 0 Å². The van der Waals surface area contributed by atoms with E-state index in [9.17, 15) is 4.79 Å². The van der Waals surface area contributed by atoms with E-state index >= 15 is 0 Å². The van der Waals surface area contributed by atoms with Gasteiger partial charge in [-0.15, -0.1) is 10.2 Å². The average Bonchev–Trinajstić information content (AvgIpc) is 2.95. The molecule has 0 atom stereocenters. The number of aryl methyl sites for hydroxylation is 2. The molecule has 1 aliphatic rings. The molecule has 9 heteroatoms. The summed E-state index contributed by atoms with van der Waals surface area (Å²) in [5.41, 5.74) is 2.45. The summed E-state index contributed by atoms with van der Waals surface area (Å²) in [6.07, 6.45) is 0. The standard InChI is InChI=1S/C17H25N7O2/c1-4-26-16-6-5-14(21-22-16)24-9-7-23(8-10-24)11-15(25)18-17-12(2)19-20-13(17)3/h5-6H,4,7-11H2,1-3H3,(H,18,25)(H,19,20). The van der Waals surface area contributed by atoms with Crippen LogP contribution in [0.25, 0.3) is 0 Å². The Morgan fingerprint density at radius 3 is 2.58 bits per heavy atom. The van der Waals surface area contributed by atoms with Crippen LogP contribution < -0.4 is 15.0 Å². The number of nitrogens with one attached hydrogen (secondary N) is 2. The highest BCUT2D eigenvalue weighted by Crippen LogP contribution is 2.17. The summed E-state index contributed by atoms with van der Waals surface area (Å²) in [7, 11) is 0. The van der Waals surface area contributed by atoms with E-state index < -0.39 is 0 Å². The lowest BCUT2D eigenvalue weighted by Crippen LogP contribution is -2.49. The Bertz CT molecular complexity index is 717. The first-order chi connectivity index (χ1) is 12.6. The molecule has 1 saturated heterocycles. The zero-order chi connectivity index (χ0) is 18.5. The van der Waals surface area contributed by atoms with Crippen LogP contribution in [0.15, 0.2) is 12.1 Å². The number of nitrogens with zero attached hydrogens (tertiary/aromatic N) is 5. The Balaban J connectivity index is 1.48. The highest BCUT2D eigenvalue weighted by atomic mass is 16.5. The highest BCUT2D eigenvalue weighted by Gasteiger charge is 2.21. The molecule has 3 rings (SSSR count). The Kier molecular flexibility index (Phi) is 5.67. The Morgan fingerprint density at radius 1 is 1.23 bits per heavy atom. The van der Waals surface area contributed by atoms with Gasteiger partial charge in [-0.3, -0.25) is 14.8 Å². The van der Waals surface area contributed by atoms with Gasteiger partial charge in [0.25, 0.3) is 0 Å². The van der Waals surface area contributed by atoms with Crippen molar-refractivity contribution in [3.05, 3.63) is 23.5 Å². The fourth-order valence-electron chi connectivity index (χ4n) is 2.96. The van der Waals surface area contributed by atoms with Crippen molar-refractivity contribution in [2.75, 3.05) is 49.5 Å². The van der Waals surface area contributed by atoms with E-state index in [1.807, 2.05) is 32.9 Å². The quantitative estimate of drug-likeness (QED) is 0.793. The first-order valence-corrected chi connectivity index (χ1v) is 8.82. The fourth-order valence-corrected chi connectivity index (χ4v) is 2.96. The van der Waals surface area contributed by atoms with Crippen molar-refractivity contribution < 1.29 is 9.53 Å². The number of hydrogen-bond donors (Lipinski definition) is 2. The summed E-state index contributed by atoms with van der Waals surface area (Å²) in [6.45, 7) is 9.83. The number of H-pyrrole nitrogens is 1. The third kappa shape index (κ3) is 4.29. The van der Waals surface area contributed by atoms with Gasteiger partial charge >= 0.3 is 0 Å². The molecule has 0 saturated carbocycles. The van der Waals surface area contributed by atoms with Crippen LogP contribution in [-0.2, 0) is 4.79 Å². The number of aromatic nitrogens is 4.